The molecule has 2 atom stereocenters. The third-order valence-electron chi connectivity index (χ3n) is 3.96. The standard InChI is InChI=1S/C16H25BrN2/c1-12-4-3-8-19(9-7-12)15-6-5-14(10-13(2)18)16(17)11-15/h5-6,11-13H,3-4,7-10,18H2,1-2H3. The van der Waals surface area contributed by atoms with Gasteiger partial charge in [0.25, 0.3) is 0 Å². The lowest BCUT2D eigenvalue weighted by Crippen LogP contribution is -2.24. The van der Waals surface area contributed by atoms with E-state index in [1.807, 2.05) is 0 Å². The van der Waals surface area contributed by atoms with E-state index >= 15 is 0 Å². The minimum atomic E-state index is 0.209. The number of hydrogen-bond acceptors (Lipinski definition) is 2. The first-order valence-electron chi connectivity index (χ1n) is 7.35. The second kappa shape index (κ2) is 6.76. The molecule has 0 radical (unpaired) electrons. The van der Waals surface area contributed by atoms with Gasteiger partial charge < -0.3 is 10.6 Å². The van der Waals surface area contributed by atoms with E-state index in [0.717, 1.165) is 12.3 Å². The Morgan fingerprint density at radius 1 is 1.37 bits per heavy atom. The molecule has 2 N–H and O–H groups in total. The first-order valence-corrected chi connectivity index (χ1v) is 8.14. The Balaban J connectivity index is 2.10. The van der Waals surface area contributed by atoms with Crippen LogP contribution < -0.4 is 10.6 Å². The number of nitrogens with zero attached hydrogens (tertiary/aromatic N) is 1. The van der Waals surface area contributed by atoms with E-state index in [1.165, 1.54) is 48.1 Å². The van der Waals surface area contributed by atoms with Crippen LogP contribution in [-0.2, 0) is 6.42 Å². The summed E-state index contributed by atoms with van der Waals surface area (Å²) in [6, 6.07) is 6.93. The molecule has 2 unspecified atom stereocenters. The molecule has 2 nitrogen and oxygen atoms in total. The van der Waals surface area contributed by atoms with Crippen molar-refractivity contribution >= 4 is 21.6 Å². The molecule has 1 saturated heterocycles. The summed E-state index contributed by atoms with van der Waals surface area (Å²) < 4.78 is 1.19. The molecule has 1 aliphatic rings. The van der Waals surface area contributed by atoms with Crippen molar-refractivity contribution < 1.29 is 0 Å². The van der Waals surface area contributed by atoms with Crippen LogP contribution in [-0.4, -0.2) is 19.1 Å². The van der Waals surface area contributed by atoms with Gasteiger partial charge in [0.05, 0.1) is 0 Å². The predicted octanol–water partition coefficient (Wildman–Crippen LogP) is 3.97. The second-order valence-corrected chi connectivity index (χ2v) is 6.83. The van der Waals surface area contributed by atoms with Crippen LogP contribution in [0.4, 0.5) is 5.69 Å². The molecular weight excluding hydrogens is 300 g/mol. The van der Waals surface area contributed by atoms with Crippen molar-refractivity contribution in [3.63, 3.8) is 0 Å². The largest absolute Gasteiger partial charge is 0.371 e. The highest BCUT2D eigenvalue weighted by Gasteiger charge is 2.15. The molecule has 0 aromatic heterocycles. The Morgan fingerprint density at radius 2 is 2.16 bits per heavy atom. The summed E-state index contributed by atoms with van der Waals surface area (Å²) in [6.45, 7) is 6.78. The third kappa shape index (κ3) is 4.22. The zero-order valence-electron chi connectivity index (χ0n) is 12.0. The topological polar surface area (TPSA) is 29.3 Å². The van der Waals surface area contributed by atoms with E-state index in [-0.39, 0.29) is 6.04 Å². The van der Waals surface area contributed by atoms with Crippen LogP contribution in [0.2, 0.25) is 0 Å². The summed E-state index contributed by atoms with van der Waals surface area (Å²) in [4.78, 5) is 2.52. The maximum absolute atomic E-state index is 5.88. The van der Waals surface area contributed by atoms with Gasteiger partial charge in [0.1, 0.15) is 0 Å². The van der Waals surface area contributed by atoms with Crippen molar-refractivity contribution in [2.24, 2.45) is 11.7 Å². The maximum Gasteiger partial charge on any atom is 0.0377 e. The Morgan fingerprint density at radius 3 is 2.84 bits per heavy atom. The molecule has 0 bridgehead atoms. The molecule has 0 spiro atoms. The fourth-order valence-corrected chi connectivity index (χ4v) is 3.30. The first kappa shape index (κ1) is 14.9. The van der Waals surface area contributed by atoms with Crippen molar-refractivity contribution in [3.05, 3.63) is 28.2 Å². The molecule has 0 aliphatic carbocycles. The van der Waals surface area contributed by atoms with Crippen molar-refractivity contribution in [3.8, 4) is 0 Å². The number of rotatable bonds is 3. The average molecular weight is 325 g/mol. The molecule has 1 fully saturated rings. The maximum atomic E-state index is 5.88. The Kier molecular flexibility index (Phi) is 5.28. The van der Waals surface area contributed by atoms with Gasteiger partial charge in [-0.15, -0.1) is 0 Å². The summed E-state index contributed by atoms with van der Waals surface area (Å²) >= 11 is 3.69. The van der Waals surface area contributed by atoms with E-state index in [4.69, 9.17) is 5.73 Å². The Hall–Kier alpha value is -0.540. The van der Waals surface area contributed by atoms with Crippen molar-refractivity contribution in [2.75, 3.05) is 18.0 Å². The SMILES string of the molecule is CC(N)Cc1ccc(N2CCCC(C)CC2)cc1Br. The fraction of sp³-hybridized carbons (Fsp3) is 0.625. The van der Waals surface area contributed by atoms with E-state index in [0.29, 0.717) is 0 Å². The van der Waals surface area contributed by atoms with Gasteiger partial charge in [-0.25, -0.2) is 0 Å². The lowest BCUT2D eigenvalue weighted by atomic mass is 10.0. The molecule has 1 aliphatic heterocycles. The van der Waals surface area contributed by atoms with Gasteiger partial charge in [0.2, 0.25) is 0 Å². The van der Waals surface area contributed by atoms with Crippen LogP contribution in [0.3, 0.4) is 0 Å². The van der Waals surface area contributed by atoms with Crippen LogP contribution in [0.1, 0.15) is 38.7 Å². The number of benzene rings is 1. The first-order chi connectivity index (χ1) is 9.06. The van der Waals surface area contributed by atoms with Gasteiger partial charge in [-0.1, -0.05) is 28.9 Å². The zero-order chi connectivity index (χ0) is 13.8. The summed E-state index contributed by atoms with van der Waals surface area (Å²) in [6.07, 6.45) is 4.90. The van der Waals surface area contributed by atoms with Gasteiger partial charge in [-0.3, -0.25) is 0 Å². The van der Waals surface area contributed by atoms with Gasteiger partial charge in [0.15, 0.2) is 0 Å². The highest BCUT2D eigenvalue weighted by Crippen LogP contribution is 2.27. The summed E-state index contributed by atoms with van der Waals surface area (Å²) in [7, 11) is 0. The number of halogens is 1. The van der Waals surface area contributed by atoms with Gasteiger partial charge >= 0.3 is 0 Å². The van der Waals surface area contributed by atoms with E-state index in [9.17, 15) is 0 Å². The molecule has 2 rings (SSSR count). The van der Waals surface area contributed by atoms with Crippen molar-refractivity contribution in [1.29, 1.82) is 0 Å². The average Bonchev–Trinajstić information content (AvgIpc) is 2.56. The van der Waals surface area contributed by atoms with Gasteiger partial charge in [-0.05, 0) is 56.2 Å². The van der Waals surface area contributed by atoms with Gasteiger partial charge in [0, 0.05) is 29.3 Å². The van der Waals surface area contributed by atoms with Crippen LogP contribution in [0.15, 0.2) is 22.7 Å². The smallest absolute Gasteiger partial charge is 0.0377 e. The molecular formula is C16H25BrN2. The lowest BCUT2D eigenvalue weighted by Gasteiger charge is -2.23. The van der Waals surface area contributed by atoms with Gasteiger partial charge in [-0.2, -0.15) is 0 Å². The lowest BCUT2D eigenvalue weighted by molar-refractivity contribution is 0.521. The monoisotopic (exact) mass is 324 g/mol. The minimum Gasteiger partial charge on any atom is -0.371 e. The highest BCUT2D eigenvalue weighted by atomic mass is 79.9. The molecule has 19 heavy (non-hydrogen) atoms. The van der Waals surface area contributed by atoms with Crippen molar-refractivity contribution in [2.45, 2.75) is 45.6 Å². The normalized spacial score (nSPS) is 22.1. The van der Waals surface area contributed by atoms with Crippen LogP contribution in [0.5, 0.6) is 0 Å². The molecule has 3 heteroatoms. The van der Waals surface area contributed by atoms with Crippen molar-refractivity contribution in [1.82, 2.24) is 0 Å². The molecule has 0 amide bonds. The summed E-state index contributed by atoms with van der Waals surface area (Å²) in [5.74, 6) is 0.866. The second-order valence-electron chi connectivity index (χ2n) is 5.98. The zero-order valence-corrected chi connectivity index (χ0v) is 13.6. The Bertz CT molecular complexity index is 417. The Labute approximate surface area is 125 Å². The quantitative estimate of drug-likeness (QED) is 0.911. The predicted molar refractivity (Wildman–Crippen MR) is 86.7 cm³/mol. The third-order valence-corrected chi connectivity index (χ3v) is 4.70. The van der Waals surface area contributed by atoms with Crippen LogP contribution in [0, 0.1) is 5.92 Å². The molecule has 1 aromatic rings. The number of anilines is 1. The summed E-state index contributed by atoms with van der Waals surface area (Å²) in [5.41, 5.74) is 8.53. The van der Waals surface area contributed by atoms with Crippen LogP contribution in [0.25, 0.3) is 0 Å². The van der Waals surface area contributed by atoms with E-state index in [2.05, 4.69) is 52.9 Å². The fourth-order valence-electron chi connectivity index (χ4n) is 2.77. The molecule has 0 saturated carbocycles. The van der Waals surface area contributed by atoms with E-state index in [1.54, 1.807) is 0 Å². The van der Waals surface area contributed by atoms with Crippen LogP contribution >= 0.6 is 15.9 Å². The minimum absolute atomic E-state index is 0.209. The highest BCUT2D eigenvalue weighted by molar-refractivity contribution is 9.10. The molecule has 1 heterocycles. The molecule has 106 valence electrons. The summed E-state index contributed by atoms with van der Waals surface area (Å²) in [5, 5.41) is 0. The molecule has 1 aromatic carbocycles. The number of nitrogens with two attached hydrogens (primary N) is 1. The number of hydrogen-bond donors (Lipinski definition) is 1. The van der Waals surface area contributed by atoms with E-state index < -0.39 is 0 Å².